The zero-order valence-corrected chi connectivity index (χ0v) is 18.1. The molecule has 1 aliphatic rings. The second-order valence-corrected chi connectivity index (χ2v) is 7.25. The van der Waals surface area contributed by atoms with E-state index in [0.29, 0.717) is 19.5 Å². The zero-order valence-electron chi connectivity index (χ0n) is 18.1. The van der Waals surface area contributed by atoms with Gasteiger partial charge in [0.25, 0.3) is 0 Å². The highest BCUT2D eigenvalue weighted by molar-refractivity contribution is 5.95. The van der Waals surface area contributed by atoms with E-state index < -0.39 is 0 Å². The number of amides is 1. The maximum atomic E-state index is 11.9. The average molecular weight is 411 g/mol. The van der Waals surface area contributed by atoms with Crippen molar-refractivity contribution < 1.29 is 14.3 Å². The van der Waals surface area contributed by atoms with Crippen LogP contribution in [0.15, 0.2) is 47.5 Å². The van der Waals surface area contributed by atoms with Crippen LogP contribution < -0.4 is 19.7 Å². The standard InChI is InChI=1S/C23H30N4O3/c1-24-23(26(2)16-18-9-12-20(29-3)14-21(18)30-4)25-15-17-7-10-19(11-8-17)27-13-5-6-22(27)28/h7-12,14H,5-6,13,15-16H2,1-4H3,(H,24,25). The van der Waals surface area contributed by atoms with Gasteiger partial charge in [-0.05, 0) is 36.2 Å². The largest absolute Gasteiger partial charge is 0.497 e. The molecule has 7 nitrogen and oxygen atoms in total. The number of nitrogens with zero attached hydrogens (tertiary/aromatic N) is 3. The number of hydrogen-bond acceptors (Lipinski definition) is 4. The Balaban J connectivity index is 1.59. The summed E-state index contributed by atoms with van der Waals surface area (Å²) in [7, 11) is 7.06. The van der Waals surface area contributed by atoms with Crippen LogP contribution in [0.4, 0.5) is 5.69 Å². The SMILES string of the molecule is CN=C(NCc1ccc(N2CCCC2=O)cc1)N(C)Cc1ccc(OC)cc1OC. The molecular formula is C23H30N4O3. The molecule has 0 atom stereocenters. The van der Waals surface area contributed by atoms with E-state index in [1.807, 2.05) is 59.3 Å². The fourth-order valence-corrected chi connectivity index (χ4v) is 3.59. The van der Waals surface area contributed by atoms with Crippen LogP contribution in [0, 0.1) is 0 Å². The summed E-state index contributed by atoms with van der Waals surface area (Å²) in [6.45, 7) is 2.09. The number of benzene rings is 2. The van der Waals surface area contributed by atoms with E-state index in [4.69, 9.17) is 9.47 Å². The van der Waals surface area contributed by atoms with E-state index in [0.717, 1.165) is 47.2 Å². The monoisotopic (exact) mass is 410 g/mol. The molecule has 0 unspecified atom stereocenters. The smallest absolute Gasteiger partial charge is 0.227 e. The topological polar surface area (TPSA) is 66.4 Å². The fourth-order valence-electron chi connectivity index (χ4n) is 3.59. The van der Waals surface area contributed by atoms with Crippen LogP contribution in [-0.2, 0) is 17.9 Å². The van der Waals surface area contributed by atoms with Gasteiger partial charge in [0.2, 0.25) is 5.91 Å². The minimum Gasteiger partial charge on any atom is -0.497 e. The summed E-state index contributed by atoms with van der Waals surface area (Å²) in [5.41, 5.74) is 3.14. The summed E-state index contributed by atoms with van der Waals surface area (Å²) in [5.74, 6) is 2.53. The normalized spacial score (nSPS) is 14.1. The predicted molar refractivity (Wildman–Crippen MR) is 119 cm³/mol. The predicted octanol–water partition coefficient (Wildman–Crippen LogP) is 3.04. The fraction of sp³-hybridized carbons (Fsp3) is 0.391. The summed E-state index contributed by atoms with van der Waals surface area (Å²) in [6.07, 6.45) is 1.58. The van der Waals surface area contributed by atoms with Gasteiger partial charge in [0.15, 0.2) is 5.96 Å². The first-order valence-electron chi connectivity index (χ1n) is 10.1. The Morgan fingerprint density at radius 1 is 1.17 bits per heavy atom. The number of carbonyl (C=O) groups excluding carboxylic acids is 1. The Morgan fingerprint density at radius 2 is 1.93 bits per heavy atom. The zero-order chi connectivity index (χ0) is 21.5. The van der Waals surface area contributed by atoms with Gasteiger partial charge in [-0.3, -0.25) is 9.79 Å². The maximum Gasteiger partial charge on any atom is 0.227 e. The van der Waals surface area contributed by atoms with Crippen molar-refractivity contribution in [1.82, 2.24) is 10.2 Å². The third kappa shape index (κ3) is 5.03. The van der Waals surface area contributed by atoms with Crippen LogP contribution in [0.3, 0.4) is 0 Å². The molecule has 0 aromatic heterocycles. The van der Waals surface area contributed by atoms with Gasteiger partial charge in [0, 0.05) is 57.5 Å². The van der Waals surface area contributed by atoms with Crippen LogP contribution >= 0.6 is 0 Å². The molecule has 0 saturated carbocycles. The van der Waals surface area contributed by atoms with E-state index in [-0.39, 0.29) is 5.91 Å². The molecule has 1 aliphatic heterocycles. The number of hydrogen-bond donors (Lipinski definition) is 1. The quantitative estimate of drug-likeness (QED) is 0.561. The van der Waals surface area contributed by atoms with Crippen molar-refractivity contribution in [3.63, 3.8) is 0 Å². The number of ether oxygens (including phenoxy) is 2. The van der Waals surface area contributed by atoms with Crippen LogP contribution in [0.2, 0.25) is 0 Å². The van der Waals surface area contributed by atoms with Crippen molar-refractivity contribution in [3.05, 3.63) is 53.6 Å². The van der Waals surface area contributed by atoms with Gasteiger partial charge < -0.3 is 24.6 Å². The lowest BCUT2D eigenvalue weighted by Crippen LogP contribution is -2.38. The molecule has 0 aliphatic carbocycles. The van der Waals surface area contributed by atoms with Gasteiger partial charge in [-0.15, -0.1) is 0 Å². The molecule has 160 valence electrons. The maximum absolute atomic E-state index is 11.9. The number of carbonyl (C=O) groups is 1. The number of guanidine groups is 1. The van der Waals surface area contributed by atoms with Gasteiger partial charge >= 0.3 is 0 Å². The molecule has 30 heavy (non-hydrogen) atoms. The van der Waals surface area contributed by atoms with E-state index in [1.54, 1.807) is 21.3 Å². The highest BCUT2D eigenvalue weighted by Crippen LogP contribution is 2.25. The highest BCUT2D eigenvalue weighted by atomic mass is 16.5. The van der Waals surface area contributed by atoms with Gasteiger partial charge in [-0.2, -0.15) is 0 Å². The van der Waals surface area contributed by atoms with E-state index in [9.17, 15) is 4.79 Å². The summed E-state index contributed by atoms with van der Waals surface area (Å²) in [4.78, 5) is 20.2. The number of aliphatic imine (C=N–C) groups is 1. The lowest BCUT2D eigenvalue weighted by Gasteiger charge is -2.23. The molecule has 1 fully saturated rings. The average Bonchev–Trinajstić information content (AvgIpc) is 3.20. The van der Waals surface area contributed by atoms with Crippen LogP contribution in [0.5, 0.6) is 11.5 Å². The van der Waals surface area contributed by atoms with Gasteiger partial charge in [0.05, 0.1) is 14.2 Å². The highest BCUT2D eigenvalue weighted by Gasteiger charge is 2.21. The molecular weight excluding hydrogens is 380 g/mol. The third-order valence-corrected chi connectivity index (χ3v) is 5.25. The lowest BCUT2D eigenvalue weighted by atomic mass is 10.1. The molecule has 0 spiro atoms. The summed E-state index contributed by atoms with van der Waals surface area (Å²) < 4.78 is 10.8. The molecule has 7 heteroatoms. The third-order valence-electron chi connectivity index (χ3n) is 5.25. The molecule has 0 radical (unpaired) electrons. The van der Waals surface area contributed by atoms with Crippen LogP contribution in [0.25, 0.3) is 0 Å². The van der Waals surface area contributed by atoms with Crippen LogP contribution in [-0.4, -0.2) is 51.6 Å². The second kappa shape index (κ2) is 10.0. The molecule has 3 rings (SSSR count). The summed E-state index contributed by atoms with van der Waals surface area (Å²) >= 11 is 0. The molecule has 1 N–H and O–H groups in total. The van der Waals surface area contributed by atoms with Gasteiger partial charge in [-0.1, -0.05) is 12.1 Å². The van der Waals surface area contributed by atoms with E-state index in [1.165, 1.54) is 0 Å². The first kappa shape index (κ1) is 21.5. The van der Waals surface area contributed by atoms with Gasteiger partial charge in [-0.25, -0.2) is 0 Å². The Labute approximate surface area is 178 Å². The van der Waals surface area contributed by atoms with Crippen molar-refractivity contribution in [3.8, 4) is 11.5 Å². The Bertz CT molecular complexity index is 896. The van der Waals surface area contributed by atoms with E-state index in [2.05, 4.69) is 10.3 Å². The Kier molecular flexibility index (Phi) is 7.17. The van der Waals surface area contributed by atoms with Crippen molar-refractivity contribution in [1.29, 1.82) is 0 Å². The van der Waals surface area contributed by atoms with Crippen molar-refractivity contribution in [2.45, 2.75) is 25.9 Å². The molecule has 2 aromatic carbocycles. The van der Waals surface area contributed by atoms with Crippen LogP contribution in [0.1, 0.15) is 24.0 Å². The minimum atomic E-state index is 0.205. The van der Waals surface area contributed by atoms with Crippen molar-refractivity contribution in [2.24, 2.45) is 4.99 Å². The summed E-state index contributed by atoms with van der Waals surface area (Å²) in [5, 5.41) is 3.39. The molecule has 1 amide bonds. The first-order chi connectivity index (χ1) is 14.5. The van der Waals surface area contributed by atoms with Gasteiger partial charge in [0.1, 0.15) is 11.5 Å². The summed E-state index contributed by atoms with van der Waals surface area (Å²) in [6, 6.07) is 13.9. The number of methoxy groups -OCH3 is 2. The minimum absolute atomic E-state index is 0.205. The lowest BCUT2D eigenvalue weighted by molar-refractivity contribution is -0.117. The second-order valence-electron chi connectivity index (χ2n) is 7.25. The number of anilines is 1. The molecule has 0 bridgehead atoms. The number of rotatable bonds is 7. The number of nitrogens with one attached hydrogen (secondary N) is 1. The van der Waals surface area contributed by atoms with E-state index >= 15 is 0 Å². The first-order valence-corrected chi connectivity index (χ1v) is 10.1. The molecule has 1 heterocycles. The molecule has 2 aromatic rings. The Hall–Kier alpha value is -3.22. The Morgan fingerprint density at radius 3 is 2.53 bits per heavy atom. The van der Waals surface area contributed by atoms with Crippen molar-refractivity contribution in [2.75, 3.05) is 39.8 Å². The van der Waals surface area contributed by atoms with Crippen molar-refractivity contribution >= 4 is 17.6 Å². The molecule has 1 saturated heterocycles.